The molecule has 124 valence electrons. The van der Waals surface area contributed by atoms with Crippen LogP contribution in [0.1, 0.15) is 28.8 Å². The zero-order valence-corrected chi connectivity index (χ0v) is 13.4. The third kappa shape index (κ3) is 3.96. The molecule has 0 aliphatic rings. The maximum Gasteiger partial charge on any atom is 0.317 e. The monoisotopic (exact) mass is 326 g/mol. The number of allylic oxidation sites excluding steroid dienone is 1. The topological polar surface area (TPSA) is 43.4 Å². The quantitative estimate of drug-likeness (QED) is 0.332. The van der Waals surface area contributed by atoms with Gasteiger partial charge in [-0.3, -0.25) is 9.59 Å². The average Bonchev–Trinajstić information content (AvgIpc) is 2.60. The Morgan fingerprint density at radius 1 is 1.12 bits per heavy atom. The van der Waals surface area contributed by atoms with Crippen molar-refractivity contribution in [3.63, 3.8) is 0 Å². The molecule has 2 atom stereocenters. The van der Waals surface area contributed by atoms with E-state index in [2.05, 4.69) is 6.58 Å². The zero-order chi connectivity index (χ0) is 17.5. The first kappa shape index (κ1) is 17.6. The van der Waals surface area contributed by atoms with Crippen LogP contribution in [0.25, 0.3) is 0 Å². The Labute approximate surface area is 140 Å². The molecule has 0 aliphatic heterocycles. The number of Topliss-reactive ketones (excluding diaryl/α,β-unsaturated/α-hetero) is 1. The van der Waals surface area contributed by atoms with Crippen molar-refractivity contribution in [3.8, 4) is 0 Å². The molecule has 0 unspecified atom stereocenters. The van der Waals surface area contributed by atoms with E-state index in [1.54, 1.807) is 13.0 Å². The molecule has 0 amide bonds. The van der Waals surface area contributed by atoms with E-state index >= 15 is 0 Å². The molecule has 0 aromatic heterocycles. The lowest BCUT2D eigenvalue weighted by Crippen LogP contribution is -2.31. The minimum Gasteiger partial charge on any atom is -0.465 e. The van der Waals surface area contributed by atoms with Crippen molar-refractivity contribution in [2.24, 2.45) is 5.92 Å². The van der Waals surface area contributed by atoms with Gasteiger partial charge in [-0.2, -0.15) is 0 Å². The number of halogens is 1. The third-order valence-corrected chi connectivity index (χ3v) is 3.75. The molecule has 0 bridgehead atoms. The summed E-state index contributed by atoms with van der Waals surface area (Å²) in [6.07, 6.45) is 1.57. The van der Waals surface area contributed by atoms with E-state index in [9.17, 15) is 14.0 Å². The van der Waals surface area contributed by atoms with Gasteiger partial charge in [0.05, 0.1) is 6.61 Å². The summed E-state index contributed by atoms with van der Waals surface area (Å²) in [6.45, 7) is 5.63. The lowest BCUT2D eigenvalue weighted by molar-refractivity contribution is -0.146. The summed E-state index contributed by atoms with van der Waals surface area (Å²) in [5.41, 5.74) is 1.05. The van der Waals surface area contributed by atoms with Crippen LogP contribution in [-0.4, -0.2) is 18.4 Å². The maximum absolute atomic E-state index is 13.1. The fourth-order valence-electron chi connectivity index (χ4n) is 2.58. The summed E-state index contributed by atoms with van der Waals surface area (Å²) in [6, 6.07) is 14.3. The predicted molar refractivity (Wildman–Crippen MR) is 90.2 cm³/mol. The minimum atomic E-state index is -1.06. The number of hydrogen-bond acceptors (Lipinski definition) is 3. The van der Waals surface area contributed by atoms with Gasteiger partial charge in [0.15, 0.2) is 5.78 Å². The Kier molecular flexibility index (Phi) is 6.01. The second kappa shape index (κ2) is 8.20. The lowest BCUT2D eigenvalue weighted by atomic mass is 9.81. The van der Waals surface area contributed by atoms with Gasteiger partial charge >= 0.3 is 5.97 Å². The molecule has 0 aliphatic carbocycles. The van der Waals surface area contributed by atoms with E-state index in [1.807, 2.05) is 30.3 Å². The normalized spacial score (nSPS) is 12.9. The van der Waals surface area contributed by atoms with Crippen molar-refractivity contribution in [1.82, 2.24) is 0 Å². The van der Waals surface area contributed by atoms with Gasteiger partial charge in [-0.1, -0.05) is 36.4 Å². The highest BCUT2D eigenvalue weighted by Gasteiger charge is 2.36. The van der Waals surface area contributed by atoms with E-state index in [4.69, 9.17) is 4.74 Å². The fraction of sp³-hybridized carbons (Fsp3) is 0.200. The first-order valence-corrected chi connectivity index (χ1v) is 7.72. The van der Waals surface area contributed by atoms with Crippen LogP contribution in [0.4, 0.5) is 4.39 Å². The SMILES string of the molecule is C=C[C@@H](c1ccccc1)[C@@H](C(=O)OCC)C(=O)c1ccc(F)cc1. The number of ketones is 1. The number of carbonyl (C=O) groups excluding carboxylic acids is 2. The molecule has 0 heterocycles. The van der Waals surface area contributed by atoms with E-state index in [1.165, 1.54) is 24.3 Å². The number of benzene rings is 2. The molecule has 24 heavy (non-hydrogen) atoms. The number of hydrogen-bond donors (Lipinski definition) is 0. The number of carbonyl (C=O) groups is 2. The highest BCUT2D eigenvalue weighted by Crippen LogP contribution is 2.30. The van der Waals surface area contributed by atoms with Crippen molar-refractivity contribution in [3.05, 3.63) is 84.2 Å². The highest BCUT2D eigenvalue weighted by atomic mass is 19.1. The molecule has 0 N–H and O–H groups in total. The zero-order valence-electron chi connectivity index (χ0n) is 13.4. The third-order valence-electron chi connectivity index (χ3n) is 3.75. The summed E-state index contributed by atoms with van der Waals surface area (Å²) in [4.78, 5) is 25.3. The first-order chi connectivity index (χ1) is 11.6. The van der Waals surface area contributed by atoms with E-state index in [-0.39, 0.29) is 12.2 Å². The summed E-state index contributed by atoms with van der Waals surface area (Å²) < 4.78 is 18.2. The van der Waals surface area contributed by atoms with Crippen LogP contribution in [-0.2, 0) is 9.53 Å². The Morgan fingerprint density at radius 2 is 1.75 bits per heavy atom. The second-order valence-corrected chi connectivity index (χ2v) is 5.27. The molecule has 0 radical (unpaired) electrons. The van der Waals surface area contributed by atoms with Gasteiger partial charge in [-0.25, -0.2) is 4.39 Å². The molecule has 2 rings (SSSR count). The predicted octanol–water partition coefficient (Wildman–Crippen LogP) is 4.16. The van der Waals surface area contributed by atoms with Crippen LogP contribution in [0.5, 0.6) is 0 Å². The summed E-state index contributed by atoms with van der Waals surface area (Å²) in [5, 5.41) is 0. The summed E-state index contributed by atoms with van der Waals surface area (Å²) in [5.74, 6) is -3.05. The summed E-state index contributed by atoms with van der Waals surface area (Å²) in [7, 11) is 0. The Bertz CT molecular complexity index is 707. The Balaban J connectivity index is 2.43. The lowest BCUT2D eigenvalue weighted by Gasteiger charge is -2.22. The van der Waals surface area contributed by atoms with E-state index < -0.39 is 29.4 Å². The van der Waals surface area contributed by atoms with Crippen LogP contribution in [0.15, 0.2) is 67.3 Å². The molecular formula is C20H19FO3. The van der Waals surface area contributed by atoms with Gasteiger partial charge < -0.3 is 4.74 Å². The van der Waals surface area contributed by atoms with Gasteiger partial charge in [-0.15, -0.1) is 6.58 Å². The number of esters is 1. The average molecular weight is 326 g/mol. The Hall–Kier alpha value is -2.75. The van der Waals surface area contributed by atoms with Crippen molar-refractivity contribution >= 4 is 11.8 Å². The van der Waals surface area contributed by atoms with Crippen molar-refractivity contribution in [2.45, 2.75) is 12.8 Å². The fourth-order valence-corrected chi connectivity index (χ4v) is 2.58. The summed E-state index contributed by atoms with van der Waals surface area (Å²) >= 11 is 0. The van der Waals surface area contributed by atoms with Crippen molar-refractivity contribution in [1.29, 1.82) is 0 Å². The van der Waals surface area contributed by atoms with Crippen molar-refractivity contribution < 1.29 is 18.7 Å². The largest absolute Gasteiger partial charge is 0.465 e. The van der Waals surface area contributed by atoms with E-state index in [0.717, 1.165) is 5.56 Å². The van der Waals surface area contributed by atoms with Crippen LogP contribution >= 0.6 is 0 Å². The van der Waals surface area contributed by atoms with Crippen LogP contribution < -0.4 is 0 Å². The van der Waals surface area contributed by atoms with Crippen LogP contribution in [0.2, 0.25) is 0 Å². The van der Waals surface area contributed by atoms with Crippen LogP contribution in [0.3, 0.4) is 0 Å². The minimum absolute atomic E-state index is 0.171. The highest BCUT2D eigenvalue weighted by molar-refractivity contribution is 6.09. The maximum atomic E-state index is 13.1. The first-order valence-electron chi connectivity index (χ1n) is 7.72. The molecular weight excluding hydrogens is 307 g/mol. The van der Waals surface area contributed by atoms with Gasteiger partial charge in [-0.05, 0) is 36.8 Å². The van der Waals surface area contributed by atoms with E-state index in [0.29, 0.717) is 0 Å². The van der Waals surface area contributed by atoms with Gasteiger partial charge in [0, 0.05) is 11.5 Å². The molecule has 2 aromatic carbocycles. The molecule has 0 spiro atoms. The van der Waals surface area contributed by atoms with Gasteiger partial charge in [0.2, 0.25) is 0 Å². The number of ether oxygens (including phenoxy) is 1. The molecule has 4 heteroatoms. The standard InChI is InChI=1S/C20H19FO3/c1-3-17(14-8-6-5-7-9-14)18(20(23)24-4-2)19(22)15-10-12-16(21)13-11-15/h3,5-13,17-18H,1,4H2,2H3/t17-,18+/m0/s1. The number of rotatable bonds is 7. The van der Waals surface area contributed by atoms with Gasteiger partial charge in [0.25, 0.3) is 0 Å². The van der Waals surface area contributed by atoms with Gasteiger partial charge in [0.1, 0.15) is 11.7 Å². The molecule has 0 saturated heterocycles. The smallest absolute Gasteiger partial charge is 0.317 e. The molecule has 3 nitrogen and oxygen atoms in total. The molecule has 0 fully saturated rings. The second-order valence-electron chi connectivity index (χ2n) is 5.27. The molecule has 0 saturated carbocycles. The van der Waals surface area contributed by atoms with Crippen LogP contribution in [0, 0.1) is 11.7 Å². The van der Waals surface area contributed by atoms with Crippen molar-refractivity contribution in [2.75, 3.05) is 6.61 Å². The molecule has 2 aromatic rings. The Morgan fingerprint density at radius 3 is 2.29 bits per heavy atom.